The molecule has 1 heterocycles. The number of nitrogens with zero attached hydrogens (tertiary/aromatic N) is 3. The van der Waals surface area contributed by atoms with Crippen LogP contribution in [0.1, 0.15) is 18.3 Å². The van der Waals surface area contributed by atoms with Gasteiger partial charge in [0, 0.05) is 17.9 Å². The Balaban J connectivity index is 2.05. The highest BCUT2D eigenvalue weighted by molar-refractivity contribution is 5.93. The van der Waals surface area contributed by atoms with E-state index in [2.05, 4.69) is 21.0 Å². The molecule has 0 aliphatic heterocycles. The first-order valence-electron chi connectivity index (χ1n) is 7.95. The zero-order valence-corrected chi connectivity index (χ0v) is 14.7. The fourth-order valence-electron chi connectivity index (χ4n) is 2.45. The van der Waals surface area contributed by atoms with Gasteiger partial charge in [-0.25, -0.2) is 4.79 Å². The molecule has 0 radical (unpaired) electrons. The Hall–Kier alpha value is -3.43. The zero-order chi connectivity index (χ0) is 19.3. The third-order valence-corrected chi connectivity index (χ3v) is 3.56. The van der Waals surface area contributed by atoms with E-state index in [0.29, 0.717) is 23.6 Å². The van der Waals surface area contributed by atoms with E-state index in [1.54, 1.807) is 38.1 Å². The molecule has 138 valence electrons. The van der Waals surface area contributed by atoms with Gasteiger partial charge in [0.1, 0.15) is 17.9 Å². The number of benzene rings is 1. The molecule has 0 unspecified atom stereocenters. The first kappa shape index (κ1) is 18.9. The maximum atomic E-state index is 12.2. The normalized spacial score (nSPS) is 10.3. The predicted molar refractivity (Wildman–Crippen MR) is 96.1 cm³/mol. The highest BCUT2D eigenvalue weighted by Crippen LogP contribution is 2.22. The standard InChI is InChI=1S/C16H20N6O4/c1-4-17-16(24)19-13-7-5-6-12(8-13)18-14(23)9-21-11(3)15(22(25)26)10(2)20-21/h5-8H,4,9H2,1-3H3,(H,18,23)(H2,17,19,24). The highest BCUT2D eigenvalue weighted by atomic mass is 16.6. The number of nitrogens with one attached hydrogen (secondary N) is 3. The van der Waals surface area contributed by atoms with Crippen LogP contribution in [0.5, 0.6) is 0 Å². The predicted octanol–water partition coefficient (Wildman–Crippen LogP) is 2.19. The third-order valence-electron chi connectivity index (χ3n) is 3.56. The van der Waals surface area contributed by atoms with Gasteiger partial charge in [0.2, 0.25) is 5.91 Å². The van der Waals surface area contributed by atoms with Crippen molar-refractivity contribution in [1.82, 2.24) is 15.1 Å². The summed E-state index contributed by atoms with van der Waals surface area (Å²) in [6.07, 6.45) is 0. The Labute approximate surface area is 149 Å². The van der Waals surface area contributed by atoms with Crippen LogP contribution in [0.3, 0.4) is 0 Å². The molecule has 0 aliphatic carbocycles. The summed E-state index contributed by atoms with van der Waals surface area (Å²) in [5.41, 5.74) is 1.49. The highest BCUT2D eigenvalue weighted by Gasteiger charge is 2.22. The van der Waals surface area contributed by atoms with Crippen molar-refractivity contribution in [3.8, 4) is 0 Å². The van der Waals surface area contributed by atoms with Crippen molar-refractivity contribution < 1.29 is 14.5 Å². The first-order valence-corrected chi connectivity index (χ1v) is 7.95. The maximum Gasteiger partial charge on any atom is 0.319 e. The Morgan fingerprint density at radius 1 is 1.23 bits per heavy atom. The maximum absolute atomic E-state index is 12.2. The van der Waals surface area contributed by atoms with E-state index in [0.717, 1.165) is 0 Å². The van der Waals surface area contributed by atoms with Crippen molar-refractivity contribution in [2.45, 2.75) is 27.3 Å². The van der Waals surface area contributed by atoms with Crippen molar-refractivity contribution in [2.24, 2.45) is 0 Å². The van der Waals surface area contributed by atoms with Gasteiger partial charge in [-0.2, -0.15) is 5.10 Å². The van der Waals surface area contributed by atoms with Crippen LogP contribution in [-0.2, 0) is 11.3 Å². The van der Waals surface area contributed by atoms with Crippen LogP contribution in [0.25, 0.3) is 0 Å². The molecule has 1 aromatic heterocycles. The van der Waals surface area contributed by atoms with Crippen molar-refractivity contribution in [3.63, 3.8) is 0 Å². The second-order valence-corrected chi connectivity index (χ2v) is 5.55. The molecule has 0 saturated heterocycles. The smallest absolute Gasteiger partial charge is 0.319 e. The molecule has 0 spiro atoms. The van der Waals surface area contributed by atoms with Crippen molar-refractivity contribution in [3.05, 3.63) is 45.8 Å². The number of rotatable bonds is 6. The number of aromatic nitrogens is 2. The average molecular weight is 360 g/mol. The lowest BCUT2D eigenvalue weighted by molar-refractivity contribution is -0.386. The van der Waals surface area contributed by atoms with E-state index >= 15 is 0 Å². The summed E-state index contributed by atoms with van der Waals surface area (Å²) in [7, 11) is 0. The number of anilines is 2. The van der Waals surface area contributed by atoms with E-state index in [9.17, 15) is 19.7 Å². The second kappa shape index (κ2) is 8.10. The molecule has 2 rings (SSSR count). The number of carbonyl (C=O) groups is 2. The van der Waals surface area contributed by atoms with Gasteiger partial charge in [-0.3, -0.25) is 19.6 Å². The van der Waals surface area contributed by atoms with Crippen molar-refractivity contribution in [1.29, 1.82) is 0 Å². The molecule has 1 aromatic carbocycles. The minimum absolute atomic E-state index is 0.0917. The molecule has 3 amide bonds. The molecule has 0 aliphatic rings. The van der Waals surface area contributed by atoms with Gasteiger partial charge in [0.25, 0.3) is 0 Å². The van der Waals surface area contributed by atoms with E-state index in [1.807, 2.05) is 0 Å². The minimum Gasteiger partial charge on any atom is -0.338 e. The molecule has 3 N–H and O–H groups in total. The van der Waals surface area contributed by atoms with Gasteiger partial charge in [0.05, 0.1) is 4.92 Å². The molecule has 26 heavy (non-hydrogen) atoms. The number of hydrogen-bond acceptors (Lipinski definition) is 5. The molecule has 0 bridgehead atoms. The lowest BCUT2D eigenvalue weighted by atomic mass is 10.2. The number of aryl methyl sites for hydroxylation is 1. The zero-order valence-electron chi connectivity index (χ0n) is 14.7. The quantitative estimate of drug-likeness (QED) is 0.537. The summed E-state index contributed by atoms with van der Waals surface area (Å²) in [6.45, 7) is 5.21. The summed E-state index contributed by atoms with van der Waals surface area (Å²) in [5, 5.41) is 23.0. The van der Waals surface area contributed by atoms with Gasteiger partial charge >= 0.3 is 11.7 Å². The molecular formula is C16H20N6O4. The van der Waals surface area contributed by atoms with Crippen LogP contribution in [-0.4, -0.2) is 33.2 Å². The summed E-state index contributed by atoms with van der Waals surface area (Å²) in [6, 6.07) is 6.31. The minimum atomic E-state index is -0.511. The Morgan fingerprint density at radius 2 is 1.88 bits per heavy atom. The molecule has 0 fully saturated rings. The van der Waals surface area contributed by atoms with Crippen molar-refractivity contribution >= 4 is 29.0 Å². The van der Waals surface area contributed by atoms with Gasteiger partial charge in [-0.05, 0) is 39.0 Å². The fourth-order valence-corrected chi connectivity index (χ4v) is 2.45. The molecule has 10 heteroatoms. The molecule has 0 saturated carbocycles. The number of nitro groups is 1. The van der Waals surface area contributed by atoms with Gasteiger partial charge in [-0.15, -0.1) is 0 Å². The van der Waals surface area contributed by atoms with Crippen LogP contribution in [0.15, 0.2) is 24.3 Å². The third kappa shape index (κ3) is 4.56. The Morgan fingerprint density at radius 3 is 2.46 bits per heavy atom. The summed E-state index contributed by atoms with van der Waals surface area (Å²) in [4.78, 5) is 34.3. The number of carbonyl (C=O) groups excluding carboxylic acids is 2. The van der Waals surface area contributed by atoms with Gasteiger partial charge < -0.3 is 16.0 Å². The first-order chi connectivity index (χ1) is 12.3. The number of amides is 3. The van der Waals surface area contributed by atoms with Gasteiger partial charge in [0.15, 0.2) is 0 Å². The van der Waals surface area contributed by atoms with E-state index < -0.39 is 4.92 Å². The largest absolute Gasteiger partial charge is 0.338 e. The molecule has 10 nitrogen and oxygen atoms in total. The van der Waals surface area contributed by atoms with Crippen LogP contribution < -0.4 is 16.0 Å². The Bertz CT molecular complexity index is 845. The lowest BCUT2D eigenvalue weighted by Gasteiger charge is -2.09. The molecule has 0 atom stereocenters. The number of urea groups is 1. The van der Waals surface area contributed by atoms with E-state index in [1.165, 1.54) is 11.6 Å². The van der Waals surface area contributed by atoms with E-state index in [4.69, 9.17) is 0 Å². The van der Waals surface area contributed by atoms with Crippen LogP contribution in [0, 0.1) is 24.0 Å². The van der Waals surface area contributed by atoms with E-state index in [-0.39, 0.29) is 29.9 Å². The van der Waals surface area contributed by atoms with Crippen LogP contribution >= 0.6 is 0 Å². The molecular weight excluding hydrogens is 340 g/mol. The van der Waals surface area contributed by atoms with Crippen molar-refractivity contribution in [2.75, 3.05) is 17.2 Å². The average Bonchev–Trinajstić information content (AvgIpc) is 2.81. The van der Waals surface area contributed by atoms with Crippen LogP contribution in [0.2, 0.25) is 0 Å². The summed E-state index contributed by atoms with van der Waals surface area (Å²) >= 11 is 0. The summed E-state index contributed by atoms with van der Waals surface area (Å²) < 4.78 is 1.29. The topological polar surface area (TPSA) is 131 Å². The Kier molecular flexibility index (Phi) is 5.89. The molecule has 2 aromatic rings. The SMILES string of the molecule is CCNC(=O)Nc1cccc(NC(=O)Cn2nc(C)c([N+](=O)[O-])c2C)c1. The van der Waals surface area contributed by atoms with Gasteiger partial charge in [-0.1, -0.05) is 6.07 Å². The number of hydrogen-bond donors (Lipinski definition) is 3. The monoisotopic (exact) mass is 360 g/mol. The lowest BCUT2D eigenvalue weighted by Crippen LogP contribution is -2.28. The second-order valence-electron chi connectivity index (χ2n) is 5.55. The fraction of sp³-hybridized carbons (Fsp3) is 0.312. The van der Waals surface area contributed by atoms with Crippen LogP contribution in [0.4, 0.5) is 21.9 Å². The summed E-state index contributed by atoms with van der Waals surface area (Å²) in [5.74, 6) is -0.388.